The number of benzene rings is 4. The van der Waals surface area contributed by atoms with E-state index in [2.05, 4.69) is 25.9 Å². The molecule has 0 atom stereocenters. The molecular formula is C50H57Cl5N8O8S2. The number of amidine groups is 2. The molecule has 23 heteroatoms. The number of aliphatic imine (C=N–C) groups is 2. The molecule has 73 heavy (non-hydrogen) atoms. The normalized spacial score (nSPS) is 17.1. The fraction of sp³-hybridized carbons (Fsp3) is 0.400. The molecule has 4 heterocycles. The second kappa shape index (κ2) is 23.9. The Hall–Kier alpha value is -4.63. The topological polar surface area (TPSA) is 207 Å². The van der Waals surface area contributed by atoms with Gasteiger partial charge >= 0.3 is 0 Å². The van der Waals surface area contributed by atoms with E-state index in [1.165, 1.54) is 14.1 Å². The van der Waals surface area contributed by atoms with Crippen LogP contribution in [0.1, 0.15) is 79.8 Å². The third-order valence-corrected chi connectivity index (χ3v) is 17.1. The van der Waals surface area contributed by atoms with Crippen molar-refractivity contribution in [3.8, 4) is 0 Å². The maximum atomic E-state index is 13.1. The van der Waals surface area contributed by atoms with Crippen molar-refractivity contribution in [2.45, 2.75) is 63.5 Å². The Bertz CT molecular complexity index is 3080. The first-order valence-corrected chi connectivity index (χ1v) is 28.8. The summed E-state index contributed by atoms with van der Waals surface area (Å²) < 4.78 is 49.4. The summed E-state index contributed by atoms with van der Waals surface area (Å²) in [7, 11) is 4.90. The van der Waals surface area contributed by atoms with E-state index >= 15 is 0 Å². The van der Waals surface area contributed by atoms with Crippen LogP contribution < -0.4 is 16.0 Å². The second-order valence-electron chi connectivity index (χ2n) is 18.5. The molecule has 2 spiro atoms. The summed E-state index contributed by atoms with van der Waals surface area (Å²) in [4.78, 5) is 61.2. The summed E-state index contributed by atoms with van der Waals surface area (Å²) >= 11 is 24.3. The van der Waals surface area contributed by atoms with Gasteiger partial charge in [-0.1, -0.05) is 58.5 Å². The lowest BCUT2D eigenvalue weighted by Crippen LogP contribution is -2.50. The number of halogens is 5. The Morgan fingerprint density at radius 2 is 1.03 bits per heavy atom. The zero-order valence-corrected chi connectivity index (χ0v) is 46.5. The molecule has 0 aliphatic carbocycles. The van der Waals surface area contributed by atoms with Gasteiger partial charge in [0.25, 0.3) is 23.6 Å². The molecule has 0 bridgehead atoms. The Kier molecular flexibility index (Phi) is 18.9. The summed E-state index contributed by atoms with van der Waals surface area (Å²) in [6, 6.07) is 20.7. The second-order valence-corrected chi connectivity index (χ2v) is 25.2. The number of sulfonamides is 1. The van der Waals surface area contributed by atoms with Crippen molar-refractivity contribution in [3.63, 3.8) is 0 Å². The van der Waals surface area contributed by atoms with Crippen LogP contribution in [0, 0.1) is 13.8 Å². The Morgan fingerprint density at radius 1 is 0.616 bits per heavy atom. The number of hydrogen-bond acceptors (Lipinski definition) is 11. The number of aryl methyl sites for hydroxylation is 4. The zero-order valence-electron chi connectivity index (χ0n) is 41.1. The lowest BCUT2D eigenvalue weighted by molar-refractivity contribution is -0.125. The Morgan fingerprint density at radius 3 is 1.41 bits per heavy atom. The van der Waals surface area contributed by atoms with E-state index in [1.807, 2.05) is 19.9 Å². The molecule has 4 amide bonds. The minimum Gasteiger partial charge on any atom is -0.345 e. The van der Waals surface area contributed by atoms with Crippen LogP contribution in [0.2, 0.25) is 20.1 Å². The van der Waals surface area contributed by atoms with E-state index in [1.54, 1.807) is 94.9 Å². The van der Waals surface area contributed by atoms with Crippen LogP contribution in [0.25, 0.3) is 0 Å². The van der Waals surface area contributed by atoms with Gasteiger partial charge in [0, 0.05) is 84.3 Å². The Balaban J connectivity index is 0.000000197. The minimum absolute atomic E-state index is 0.0324. The van der Waals surface area contributed by atoms with Crippen LogP contribution in [-0.2, 0) is 41.5 Å². The van der Waals surface area contributed by atoms with Gasteiger partial charge in [-0.2, -0.15) is 0 Å². The fourth-order valence-electron chi connectivity index (χ4n) is 8.64. The van der Waals surface area contributed by atoms with Crippen molar-refractivity contribution < 1.29 is 36.0 Å². The van der Waals surface area contributed by atoms with Gasteiger partial charge in [0.1, 0.15) is 22.7 Å². The highest BCUT2D eigenvalue weighted by Crippen LogP contribution is 2.34. The first-order valence-electron chi connectivity index (χ1n) is 23.2. The number of nitrogens with one attached hydrogen (secondary N) is 3. The molecule has 4 aliphatic heterocycles. The van der Waals surface area contributed by atoms with Crippen LogP contribution in [0.5, 0.6) is 0 Å². The average molecular weight is 1140 g/mol. The molecule has 2 saturated heterocycles. The molecule has 0 radical (unpaired) electrons. The predicted molar refractivity (Wildman–Crippen MR) is 290 cm³/mol. The highest BCUT2D eigenvalue weighted by Gasteiger charge is 2.48. The van der Waals surface area contributed by atoms with Gasteiger partial charge in [-0.3, -0.25) is 29.2 Å². The highest BCUT2D eigenvalue weighted by atomic mass is 35.7. The molecule has 0 saturated carbocycles. The van der Waals surface area contributed by atoms with E-state index in [0.717, 1.165) is 40.9 Å². The van der Waals surface area contributed by atoms with Gasteiger partial charge in [0.05, 0.1) is 21.6 Å². The van der Waals surface area contributed by atoms with Crippen LogP contribution in [0.15, 0.2) is 82.8 Å². The van der Waals surface area contributed by atoms with Crippen molar-refractivity contribution in [2.75, 3.05) is 65.9 Å². The number of amides is 4. The van der Waals surface area contributed by atoms with Crippen molar-refractivity contribution in [3.05, 3.63) is 137 Å². The first kappa shape index (κ1) is 57.6. The third kappa shape index (κ3) is 14.4. The average Bonchev–Trinajstić information content (AvgIpc) is 3.80. The number of rotatable bonds is 11. The van der Waals surface area contributed by atoms with Crippen molar-refractivity contribution in [1.29, 1.82) is 0 Å². The number of hydrogen-bond donors (Lipinski definition) is 3. The molecule has 4 aromatic carbocycles. The van der Waals surface area contributed by atoms with Gasteiger partial charge in [-0.05, 0) is 148 Å². The summed E-state index contributed by atoms with van der Waals surface area (Å²) in [6.07, 6.45) is 2.69. The molecule has 0 unspecified atom stereocenters. The van der Waals surface area contributed by atoms with Crippen molar-refractivity contribution >= 4 is 111 Å². The van der Waals surface area contributed by atoms with Crippen molar-refractivity contribution in [1.82, 2.24) is 30.1 Å². The van der Waals surface area contributed by atoms with Gasteiger partial charge in [0.15, 0.2) is 0 Å². The van der Waals surface area contributed by atoms with E-state index in [0.29, 0.717) is 74.1 Å². The number of piperidine rings is 2. The van der Waals surface area contributed by atoms with E-state index in [4.69, 9.17) is 57.1 Å². The summed E-state index contributed by atoms with van der Waals surface area (Å²) in [5.41, 5.74) is 4.36. The van der Waals surface area contributed by atoms with Crippen LogP contribution in [0.4, 0.5) is 0 Å². The van der Waals surface area contributed by atoms with Crippen molar-refractivity contribution in [2.24, 2.45) is 9.98 Å². The van der Waals surface area contributed by atoms with Crippen LogP contribution in [0.3, 0.4) is 0 Å². The molecule has 392 valence electrons. The predicted octanol–water partition coefficient (Wildman–Crippen LogP) is 7.09. The van der Waals surface area contributed by atoms with Crippen LogP contribution >= 0.6 is 57.1 Å². The van der Waals surface area contributed by atoms with E-state index in [-0.39, 0.29) is 61.1 Å². The molecule has 4 aromatic rings. The van der Waals surface area contributed by atoms with E-state index < -0.39 is 30.2 Å². The quantitative estimate of drug-likeness (QED) is 0.131. The molecule has 2 fully saturated rings. The zero-order chi connectivity index (χ0) is 53.6. The minimum atomic E-state index is -3.54. The van der Waals surface area contributed by atoms with Gasteiger partial charge < -0.3 is 25.8 Å². The first-order chi connectivity index (χ1) is 34.2. The largest absolute Gasteiger partial charge is 0.345 e. The van der Waals surface area contributed by atoms with Gasteiger partial charge in [-0.15, -0.1) is 0 Å². The fourth-order valence-corrected chi connectivity index (χ4v) is 11.8. The molecule has 4 aliphatic rings. The van der Waals surface area contributed by atoms with Gasteiger partial charge in [-0.25, -0.2) is 21.1 Å². The molecule has 0 aromatic heterocycles. The summed E-state index contributed by atoms with van der Waals surface area (Å²) in [5, 5.41) is 10.8. The number of carbonyl (C=O) groups excluding carboxylic acids is 4. The lowest BCUT2D eigenvalue weighted by Gasteiger charge is -2.34. The third-order valence-electron chi connectivity index (χ3n) is 12.9. The molecule has 8 rings (SSSR count). The highest BCUT2D eigenvalue weighted by molar-refractivity contribution is 8.13. The maximum absolute atomic E-state index is 13.1. The lowest BCUT2D eigenvalue weighted by atomic mass is 9.89. The number of carbonyl (C=O) groups is 4. The standard InChI is InChI=1S/C25H28Cl2N4O4S.C13H13Cl2N3O.C12H16ClNO3S/c1-16-14-18(23(32)30(2)3)5-4-17(16)8-13-36(34,35)31-11-9-25(10-12-31)24(33)28-22(29-25)20-7-6-19(26)15-21(20)27;14-8-1-2-9(10(15)7-8)11-17-12(19)13(18-11)3-5-16-6-4-13;1-9-8-11(12(15)14(2)3)5-4-10(9)6-7-18(13,16)17/h4-7,14-15H,8-13H2,1-3H3,(H,28,29,33);1-2,7,16H,3-6H2,(H,17,18,19);4-5,8H,6-7H2,1-3H3. The smallest absolute Gasteiger partial charge is 0.253 e. The van der Waals surface area contributed by atoms with Gasteiger partial charge in [0.2, 0.25) is 19.1 Å². The SMILES string of the molecule is Cc1cc(C(=O)N(C)C)ccc1CCS(=O)(=O)Cl.Cc1cc(C(=O)N(C)C)ccc1CCS(=O)(=O)N1CCC2(CC1)N=C(c1ccc(Cl)cc1Cl)NC2=O.O=C1NC(c2ccc(Cl)cc2Cl)=NC12CCNCC2. The maximum Gasteiger partial charge on any atom is 0.253 e. The number of nitrogens with zero attached hydrogens (tertiary/aromatic N) is 5. The molecular weight excluding hydrogens is 1080 g/mol. The summed E-state index contributed by atoms with van der Waals surface area (Å²) in [6.45, 7) is 5.74. The molecule has 3 N–H and O–H groups in total. The molecule has 16 nitrogen and oxygen atoms in total. The summed E-state index contributed by atoms with van der Waals surface area (Å²) in [5.74, 6) is 0.324. The van der Waals surface area contributed by atoms with E-state index in [9.17, 15) is 36.0 Å². The van der Waals surface area contributed by atoms with Crippen LogP contribution in [-0.4, -0.2) is 143 Å². The monoisotopic (exact) mass is 1140 g/mol. The Labute approximate surface area is 451 Å².